The summed E-state index contributed by atoms with van der Waals surface area (Å²) >= 11 is 0. The Morgan fingerprint density at radius 3 is 2.44 bits per heavy atom. The van der Waals surface area contributed by atoms with Gasteiger partial charge in [0.2, 0.25) is 0 Å². The van der Waals surface area contributed by atoms with Gasteiger partial charge in [0.05, 0.1) is 0 Å². The minimum absolute atomic E-state index is 0.0903. The Balaban J connectivity index is 2.26. The summed E-state index contributed by atoms with van der Waals surface area (Å²) in [7, 11) is 0. The third kappa shape index (κ3) is 2.50. The Morgan fingerprint density at radius 2 is 1.83 bits per heavy atom. The summed E-state index contributed by atoms with van der Waals surface area (Å²) in [5, 5.41) is 0. The van der Waals surface area contributed by atoms with E-state index in [1.165, 1.54) is 24.7 Å². The van der Waals surface area contributed by atoms with E-state index in [0.29, 0.717) is 11.8 Å². The third-order valence-electron chi connectivity index (χ3n) is 4.78. The van der Waals surface area contributed by atoms with Crippen LogP contribution < -0.4 is 0 Å². The van der Waals surface area contributed by atoms with Crippen molar-refractivity contribution in [2.75, 3.05) is 0 Å². The first kappa shape index (κ1) is 13.3. The van der Waals surface area contributed by atoms with Gasteiger partial charge in [-0.3, -0.25) is 0 Å². The van der Waals surface area contributed by atoms with Crippen molar-refractivity contribution in [2.24, 2.45) is 17.8 Å². The van der Waals surface area contributed by atoms with Crippen LogP contribution in [0.15, 0.2) is 30.3 Å². The van der Waals surface area contributed by atoms with Crippen LogP contribution in [-0.4, -0.2) is 6.29 Å². The van der Waals surface area contributed by atoms with Gasteiger partial charge in [-0.2, -0.15) is 0 Å². The molecule has 0 aromatic heterocycles. The highest BCUT2D eigenvalue weighted by atomic mass is 16.1. The number of hydrogen-bond donors (Lipinski definition) is 0. The predicted octanol–water partition coefficient (Wildman–Crippen LogP) is 4.22. The molecule has 1 aromatic carbocycles. The van der Waals surface area contributed by atoms with Crippen LogP contribution in [0.5, 0.6) is 0 Å². The number of carbonyl (C=O) groups excluding carboxylic acids is 1. The van der Waals surface area contributed by atoms with Gasteiger partial charge in [-0.25, -0.2) is 0 Å². The van der Waals surface area contributed by atoms with E-state index in [-0.39, 0.29) is 11.3 Å². The molecule has 0 heterocycles. The molecule has 1 aliphatic rings. The van der Waals surface area contributed by atoms with E-state index in [9.17, 15) is 4.79 Å². The molecular formula is C17H24O. The number of rotatable bonds is 3. The fraction of sp³-hybridized carbons (Fsp3) is 0.588. The van der Waals surface area contributed by atoms with E-state index in [0.717, 1.165) is 6.42 Å². The first-order valence-corrected chi connectivity index (χ1v) is 7.06. The van der Waals surface area contributed by atoms with Crippen molar-refractivity contribution in [1.82, 2.24) is 0 Å². The van der Waals surface area contributed by atoms with Crippen LogP contribution in [0, 0.1) is 17.8 Å². The minimum Gasteiger partial charge on any atom is -0.303 e. The zero-order chi connectivity index (χ0) is 13.2. The molecule has 0 aliphatic heterocycles. The first-order valence-electron chi connectivity index (χ1n) is 7.06. The highest BCUT2D eigenvalue weighted by Crippen LogP contribution is 2.44. The maximum atomic E-state index is 11.4. The Morgan fingerprint density at radius 1 is 1.17 bits per heavy atom. The molecule has 0 spiro atoms. The van der Waals surface area contributed by atoms with Crippen LogP contribution in [0.3, 0.4) is 0 Å². The van der Waals surface area contributed by atoms with Crippen molar-refractivity contribution < 1.29 is 4.79 Å². The van der Waals surface area contributed by atoms with E-state index in [1.54, 1.807) is 0 Å². The normalized spacial score (nSPS) is 28.9. The summed E-state index contributed by atoms with van der Waals surface area (Å²) in [4.78, 5) is 11.4. The van der Waals surface area contributed by atoms with Crippen molar-refractivity contribution >= 4 is 6.29 Å². The van der Waals surface area contributed by atoms with Crippen LogP contribution in [0.2, 0.25) is 0 Å². The molecule has 1 fully saturated rings. The third-order valence-corrected chi connectivity index (χ3v) is 4.78. The van der Waals surface area contributed by atoms with E-state index < -0.39 is 0 Å². The molecule has 1 heteroatoms. The zero-order valence-corrected chi connectivity index (χ0v) is 11.7. The molecule has 1 aromatic rings. The first-order chi connectivity index (χ1) is 8.55. The lowest BCUT2D eigenvalue weighted by Gasteiger charge is -2.42. The Kier molecular flexibility index (Phi) is 3.89. The van der Waals surface area contributed by atoms with Gasteiger partial charge in [0.1, 0.15) is 6.29 Å². The topological polar surface area (TPSA) is 17.1 Å². The molecule has 2 rings (SSSR count). The van der Waals surface area contributed by atoms with Gasteiger partial charge in [-0.05, 0) is 35.7 Å². The molecule has 0 bridgehead atoms. The largest absolute Gasteiger partial charge is 0.303 e. The molecular weight excluding hydrogens is 220 g/mol. The van der Waals surface area contributed by atoms with Crippen molar-refractivity contribution in [3.8, 4) is 0 Å². The summed E-state index contributed by atoms with van der Waals surface area (Å²) in [5.41, 5.74) is 1.45. The summed E-state index contributed by atoms with van der Waals surface area (Å²) < 4.78 is 0. The monoisotopic (exact) mass is 244 g/mol. The van der Waals surface area contributed by atoms with Gasteiger partial charge in [0, 0.05) is 5.92 Å². The van der Waals surface area contributed by atoms with Crippen molar-refractivity contribution in [3.63, 3.8) is 0 Å². The van der Waals surface area contributed by atoms with Crippen molar-refractivity contribution in [2.45, 2.75) is 45.4 Å². The van der Waals surface area contributed by atoms with Gasteiger partial charge >= 0.3 is 0 Å². The summed E-state index contributed by atoms with van der Waals surface area (Å²) in [6.45, 7) is 6.85. The van der Waals surface area contributed by atoms with Crippen LogP contribution >= 0.6 is 0 Å². The Hall–Kier alpha value is -1.11. The second-order valence-electron chi connectivity index (χ2n) is 6.41. The number of carbonyl (C=O) groups is 1. The summed E-state index contributed by atoms with van der Waals surface area (Å²) in [6, 6.07) is 10.6. The second-order valence-corrected chi connectivity index (χ2v) is 6.41. The van der Waals surface area contributed by atoms with Crippen LogP contribution in [0.4, 0.5) is 0 Å². The van der Waals surface area contributed by atoms with Crippen LogP contribution in [0.1, 0.15) is 45.6 Å². The van der Waals surface area contributed by atoms with Crippen LogP contribution in [-0.2, 0) is 10.2 Å². The molecule has 0 unspecified atom stereocenters. The Bertz CT molecular complexity index is 393. The van der Waals surface area contributed by atoms with Gasteiger partial charge in [-0.15, -0.1) is 0 Å². The SMILES string of the molecule is C[C@@H]1CC[C@@H](C(C)(C)c2ccccc2)[C@@H](C=O)C1. The number of aldehydes is 1. The fourth-order valence-electron chi connectivity index (χ4n) is 3.55. The quantitative estimate of drug-likeness (QED) is 0.728. The van der Waals surface area contributed by atoms with E-state index in [1.807, 2.05) is 0 Å². The summed E-state index contributed by atoms with van der Waals surface area (Å²) in [6.07, 6.45) is 4.69. The number of benzene rings is 1. The van der Waals surface area contributed by atoms with Gasteiger partial charge < -0.3 is 4.79 Å². The molecule has 0 saturated heterocycles. The lowest BCUT2D eigenvalue weighted by molar-refractivity contribution is -0.115. The molecule has 3 atom stereocenters. The second kappa shape index (κ2) is 5.26. The molecule has 0 radical (unpaired) electrons. The average Bonchev–Trinajstić information content (AvgIpc) is 2.39. The lowest BCUT2D eigenvalue weighted by Crippen LogP contribution is -2.38. The lowest BCUT2D eigenvalue weighted by atomic mass is 9.61. The molecule has 18 heavy (non-hydrogen) atoms. The van der Waals surface area contributed by atoms with E-state index in [4.69, 9.17) is 0 Å². The molecule has 98 valence electrons. The van der Waals surface area contributed by atoms with Crippen molar-refractivity contribution in [1.29, 1.82) is 0 Å². The predicted molar refractivity (Wildman–Crippen MR) is 75.5 cm³/mol. The summed E-state index contributed by atoms with van der Waals surface area (Å²) in [5.74, 6) is 1.40. The molecule has 1 nitrogen and oxygen atoms in total. The smallest absolute Gasteiger partial charge is 0.123 e. The van der Waals surface area contributed by atoms with Crippen molar-refractivity contribution in [3.05, 3.63) is 35.9 Å². The van der Waals surface area contributed by atoms with Gasteiger partial charge in [-0.1, -0.05) is 57.5 Å². The fourth-order valence-corrected chi connectivity index (χ4v) is 3.55. The zero-order valence-electron chi connectivity index (χ0n) is 11.7. The number of hydrogen-bond acceptors (Lipinski definition) is 1. The maximum absolute atomic E-state index is 11.4. The van der Waals surface area contributed by atoms with Crippen LogP contribution in [0.25, 0.3) is 0 Å². The van der Waals surface area contributed by atoms with E-state index in [2.05, 4.69) is 51.1 Å². The molecule has 1 saturated carbocycles. The van der Waals surface area contributed by atoms with E-state index >= 15 is 0 Å². The average molecular weight is 244 g/mol. The minimum atomic E-state index is 0.0903. The highest BCUT2D eigenvalue weighted by Gasteiger charge is 2.39. The Labute approximate surface area is 111 Å². The maximum Gasteiger partial charge on any atom is 0.123 e. The molecule has 0 N–H and O–H groups in total. The van der Waals surface area contributed by atoms with Gasteiger partial charge in [0.15, 0.2) is 0 Å². The standard InChI is InChI=1S/C17H24O/c1-13-9-10-16(14(11-13)12-18)17(2,3)15-7-5-4-6-8-15/h4-8,12-14,16H,9-11H2,1-3H3/t13-,14-,16-/m1/s1. The molecule has 1 aliphatic carbocycles. The highest BCUT2D eigenvalue weighted by molar-refractivity contribution is 5.55. The molecule has 0 amide bonds. The van der Waals surface area contributed by atoms with Gasteiger partial charge in [0.25, 0.3) is 0 Å².